The molecule has 1 aromatic carbocycles. The summed E-state index contributed by atoms with van der Waals surface area (Å²) in [4.78, 5) is 38.1. The summed E-state index contributed by atoms with van der Waals surface area (Å²) in [5.74, 6) is -0.898. The molecule has 3 aromatic heterocycles. The fraction of sp³-hybridized carbons (Fsp3) is 0.238. The van der Waals surface area contributed by atoms with Gasteiger partial charge in [-0.15, -0.1) is 22.7 Å². The predicted octanol–water partition coefficient (Wildman–Crippen LogP) is 4.59. The van der Waals surface area contributed by atoms with Crippen molar-refractivity contribution in [3.63, 3.8) is 0 Å². The van der Waals surface area contributed by atoms with E-state index in [1.54, 1.807) is 12.3 Å². The highest BCUT2D eigenvalue weighted by Crippen LogP contribution is 2.39. The molecule has 7 nitrogen and oxygen atoms in total. The molecular formula is C21H18N4O3S2. The van der Waals surface area contributed by atoms with Crippen molar-refractivity contribution in [2.45, 2.75) is 25.7 Å². The van der Waals surface area contributed by atoms with Gasteiger partial charge in [0, 0.05) is 21.2 Å². The Labute approximate surface area is 180 Å². The lowest BCUT2D eigenvalue weighted by molar-refractivity contribution is -0.145. The third-order valence-corrected chi connectivity index (χ3v) is 6.93. The Morgan fingerprint density at radius 1 is 1.30 bits per heavy atom. The van der Waals surface area contributed by atoms with E-state index in [4.69, 9.17) is 4.74 Å². The quantitative estimate of drug-likeness (QED) is 0.444. The monoisotopic (exact) mass is 438 g/mol. The van der Waals surface area contributed by atoms with E-state index in [1.807, 2.05) is 30.3 Å². The van der Waals surface area contributed by atoms with E-state index < -0.39 is 0 Å². The van der Waals surface area contributed by atoms with Gasteiger partial charge in [-0.05, 0) is 31.9 Å². The molecule has 1 amide bonds. The van der Waals surface area contributed by atoms with Crippen LogP contribution < -0.4 is 5.32 Å². The largest absolute Gasteiger partial charge is 0.465 e. The van der Waals surface area contributed by atoms with Crippen molar-refractivity contribution in [1.82, 2.24) is 15.0 Å². The fourth-order valence-corrected chi connectivity index (χ4v) is 5.41. The first-order chi connectivity index (χ1) is 14.6. The average Bonchev–Trinajstić information content (AvgIpc) is 3.49. The molecule has 152 valence electrons. The summed E-state index contributed by atoms with van der Waals surface area (Å²) in [6.07, 6.45) is 1.48. The van der Waals surface area contributed by atoms with Crippen LogP contribution in [0.25, 0.3) is 21.6 Å². The zero-order valence-corrected chi connectivity index (χ0v) is 17.7. The average molecular weight is 439 g/mol. The van der Waals surface area contributed by atoms with Crippen LogP contribution in [0.3, 0.4) is 0 Å². The number of anilines is 1. The number of aromatic nitrogens is 3. The van der Waals surface area contributed by atoms with Gasteiger partial charge >= 0.3 is 5.97 Å². The molecule has 0 fully saturated rings. The zero-order chi connectivity index (χ0) is 20.7. The zero-order valence-electron chi connectivity index (χ0n) is 16.1. The second kappa shape index (κ2) is 7.66. The van der Waals surface area contributed by atoms with Crippen molar-refractivity contribution in [2.24, 2.45) is 0 Å². The lowest BCUT2D eigenvalue weighted by Crippen LogP contribution is -2.15. The maximum Gasteiger partial charge on any atom is 0.315 e. The molecule has 0 aliphatic heterocycles. The molecule has 0 saturated carbocycles. The molecule has 30 heavy (non-hydrogen) atoms. The van der Waals surface area contributed by atoms with Crippen molar-refractivity contribution < 1.29 is 14.3 Å². The summed E-state index contributed by atoms with van der Waals surface area (Å²) in [6, 6.07) is 10.0. The first-order valence-electron chi connectivity index (χ1n) is 9.63. The third-order valence-electron chi connectivity index (χ3n) is 5.01. The molecule has 5 rings (SSSR count). The number of aryl methyl sites for hydroxylation is 1. The summed E-state index contributed by atoms with van der Waals surface area (Å²) in [5, 5.41) is 6.89. The Morgan fingerprint density at radius 3 is 3.00 bits per heavy atom. The number of nitrogens with zero attached hydrogens (tertiary/aromatic N) is 2. The molecule has 1 atom stereocenters. The highest BCUT2D eigenvalue weighted by atomic mass is 32.1. The van der Waals surface area contributed by atoms with Crippen molar-refractivity contribution >= 4 is 50.6 Å². The van der Waals surface area contributed by atoms with Crippen LogP contribution in [0.4, 0.5) is 5.13 Å². The molecule has 0 saturated heterocycles. The van der Waals surface area contributed by atoms with Crippen LogP contribution >= 0.6 is 22.7 Å². The first-order valence-corrected chi connectivity index (χ1v) is 11.3. The Kier molecular flexibility index (Phi) is 4.84. The third kappa shape index (κ3) is 3.40. The summed E-state index contributed by atoms with van der Waals surface area (Å²) in [6.45, 7) is 2.14. The number of thiazole rings is 2. The highest BCUT2D eigenvalue weighted by Gasteiger charge is 2.34. The van der Waals surface area contributed by atoms with Crippen LogP contribution in [0.5, 0.6) is 0 Å². The second-order valence-corrected chi connectivity index (χ2v) is 8.87. The number of carbonyl (C=O) groups is 2. The van der Waals surface area contributed by atoms with Crippen LogP contribution in [0.2, 0.25) is 0 Å². The number of hydrogen-bond acceptors (Lipinski definition) is 7. The minimum Gasteiger partial charge on any atom is -0.465 e. The number of nitrogens with one attached hydrogen (secondary N) is 2. The lowest BCUT2D eigenvalue weighted by Gasteiger charge is -2.07. The van der Waals surface area contributed by atoms with Crippen LogP contribution in [-0.2, 0) is 16.0 Å². The van der Waals surface area contributed by atoms with E-state index in [0.29, 0.717) is 23.9 Å². The van der Waals surface area contributed by atoms with Crippen molar-refractivity contribution in [3.8, 4) is 10.7 Å². The van der Waals surface area contributed by atoms with Crippen LogP contribution in [-0.4, -0.2) is 33.4 Å². The smallest absolute Gasteiger partial charge is 0.315 e. The maximum atomic E-state index is 12.7. The fourth-order valence-electron chi connectivity index (χ4n) is 3.60. The Balaban J connectivity index is 1.32. The number of benzene rings is 1. The van der Waals surface area contributed by atoms with Crippen LogP contribution in [0, 0.1) is 0 Å². The standard InChI is InChI=1S/C21H18N4O3S2/c1-2-28-20(27)12-7-8-16-17(12)24-21(30-16)25-18(26)15-10-29-19(23-15)14-9-11-5-3-4-6-13(11)22-14/h3-6,9-10,12,22H,2,7-8H2,1H3,(H,24,25,26). The van der Waals surface area contributed by atoms with E-state index in [2.05, 4.69) is 20.3 Å². The van der Waals surface area contributed by atoms with Gasteiger partial charge in [0.2, 0.25) is 0 Å². The number of ether oxygens (including phenoxy) is 1. The summed E-state index contributed by atoms with van der Waals surface area (Å²) >= 11 is 2.82. The number of rotatable bonds is 5. The van der Waals surface area contributed by atoms with E-state index >= 15 is 0 Å². The molecule has 4 aromatic rings. The van der Waals surface area contributed by atoms with Gasteiger partial charge in [-0.2, -0.15) is 0 Å². The second-order valence-electron chi connectivity index (χ2n) is 6.93. The number of aromatic amines is 1. The molecule has 0 radical (unpaired) electrons. The summed E-state index contributed by atoms with van der Waals surface area (Å²) < 4.78 is 5.14. The molecule has 1 aliphatic rings. The minimum absolute atomic E-state index is 0.248. The van der Waals surface area contributed by atoms with Gasteiger partial charge in [-0.3, -0.25) is 14.9 Å². The van der Waals surface area contributed by atoms with Gasteiger partial charge < -0.3 is 9.72 Å². The molecule has 1 aliphatic carbocycles. The predicted molar refractivity (Wildman–Crippen MR) is 117 cm³/mol. The Hall–Kier alpha value is -3.04. The van der Waals surface area contributed by atoms with Crippen LogP contribution in [0.1, 0.15) is 40.3 Å². The number of carbonyl (C=O) groups excluding carboxylic acids is 2. The van der Waals surface area contributed by atoms with Crippen molar-refractivity contribution in [2.75, 3.05) is 11.9 Å². The van der Waals surface area contributed by atoms with E-state index in [0.717, 1.165) is 38.6 Å². The molecule has 1 unspecified atom stereocenters. The number of hydrogen-bond donors (Lipinski definition) is 2. The summed E-state index contributed by atoms with van der Waals surface area (Å²) in [7, 11) is 0. The van der Waals surface area contributed by atoms with Gasteiger partial charge in [0.1, 0.15) is 16.6 Å². The Morgan fingerprint density at radius 2 is 2.17 bits per heavy atom. The van der Waals surface area contributed by atoms with E-state index in [-0.39, 0.29) is 17.8 Å². The van der Waals surface area contributed by atoms with Crippen molar-refractivity contribution in [1.29, 1.82) is 0 Å². The number of esters is 1. The van der Waals surface area contributed by atoms with E-state index in [1.165, 1.54) is 22.7 Å². The van der Waals surface area contributed by atoms with Crippen LogP contribution in [0.15, 0.2) is 35.7 Å². The molecule has 2 N–H and O–H groups in total. The van der Waals surface area contributed by atoms with Gasteiger partial charge in [0.15, 0.2) is 5.13 Å². The van der Waals surface area contributed by atoms with Gasteiger partial charge in [0.05, 0.1) is 18.0 Å². The highest BCUT2D eigenvalue weighted by molar-refractivity contribution is 7.16. The molecule has 3 heterocycles. The number of H-pyrrole nitrogens is 1. The SMILES string of the molecule is CCOC(=O)C1CCc2sc(NC(=O)c3csc(-c4cc5ccccc5[nH]4)n3)nc21. The lowest BCUT2D eigenvalue weighted by atomic mass is 10.1. The van der Waals surface area contributed by atoms with Crippen molar-refractivity contribution in [3.05, 3.63) is 52.0 Å². The topological polar surface area (TPSA) is 97.0 Å². The molecule has 0 spiro atoms. The van der Waals surface area contributed by atoms with E-state index in [9.17, 15) is 9.59 Å². The Bertz CT molecular complexity index is 1220. The number of amides is 1. The van der Waals surface area contributed by atoms with Gasteiger partial charge in [-0.1, -0.05) is 18.2 Å². The number of fused-ring (bicyclic) bond motifs is 2. The number of para-hydroxylation sites is 1. The first kappa shape index (κ1) is 19.0. The molecule has 9 heteroatoms. The van der Waals surface area contributed by atoms with Gasteiger partial charge in [-0.25, -0.2) is 9.97 Å². The minimum atomic E-state index is -0.338. The van der Waals surface area contributed by atoms with Gasteiger partial charge in [0.25, 0.3) is 5.91 Å². The maximum absolute atomic E-state index is 12.7. The molecule has 0 bridgehead atoms. The summed E-state index contributed by atoms with van der Waals surface area (Å²) in [5.41, 5.74) is 2.98. The normalized spacial score (nSPS) is 15.3. The molecular weight excluding hydrogens is 420 g/mol.